The van der Waals surface area contributed by atoms with E-state index in [9.17, 15) is 9.59 Å². The predicted molar refractivity (Wildman–Crippen MR) is 64.9 cm³/mol. The minimum absolute atomic E-state index is 0.00399. The van der Waals surface area contributed by atoms with Crippen molar-refractivity contribution < 1.29 is 9.59 Å². The Bertz CT molecular complexity index is 324. The topological polar surface area (TPSA) is 61.4 Å². The molecule has 5 nitrogen and oxygen atoms in total. The van der Waals surface area contributed by atoms with E-state index >= 15 is 0 Å². The molecule has 1 atom stereocenters. The summed E-state index contributed by atoms with van der Waals surface area (Å²) >= 11 is 5.60. The lowest BCUT2D eigenvalue weighted by Crippen LogP contribution is -2.61. The highest BCUT2D eigenvalue weighted by Crippen LogP contribution is 2.22. The van der Waals surface area contributed by atoms with Crippen LogP contribution in [0.2, 0.25) is 0 Å². The number of hydrogen-bond acceptors (Lipinski definition) is 3. The molecule has 0 radical (unpaired) electrons. The van der Waals surface area contributed by atoms with Crippen molar-refractivity contribution in [2.45, 2.75) is 24.8 Å². The molecule has 6 heteroatoms. The number of halogens is 1. The Balaban J connectivity index is 2.10. The molecule has 0 aromatic heterocycles. The number of alkyl halides is 1. The second-order valence-corrected chi connectivity index (χ2v) is 5.08. The van der Waals surface area contributed by atoms with Gasteiger partial charge >= 0.3 is 0 Å². The fourth-order valence-electron chi connectivity index (χ4n) is 2.60. The third kappa shape index (κ3) is 2.90. The highest BCUT2D eigenvalue weighted by atomic mass is 35.5. The smallest absolute Gasteiger partial charge is 0.237 e. The molecule has 17 heavy (non-hydrogen) atoms. The first-order valence-corrected chi connectivity index (χ1v) is 6.54. The SMILES string of the molecule is O=C1CCCC2(CNCCN(C(=O)CCl)C2)N1. The van der Waals surface area contributed by atoms with Crippen LogP contribution in [0.1, 0.15) is 19.3 Å². The molecule has 0 aromatic carbocycles. The van der Waals surface area contributed by atoms with Gasteiger partial charge in [-0.1, -0.05) is 0 Å². The molecule has 2 fully saturated rings. The number of piperidine rings is 1. The van der Waals surface area contributed by atoms with E-state index in [4.69, 9.17) is 11.6 Å². The summed E-state index contributed by atoms with van der Waals surface area (Å²) < 4.78 is 0. The Labute approximate surface area is 106 Å². The molecule has 2 N–H and O–H groups in total. The van der Waals surface area contributed by atoms with Gasteiger partial charge in [-0.15, -0.1) is 11.6 Å². The van der Waals surface area contributed by atoms with E-state index in [2.05, 4.69) is 10.6 Å². The molecule has 0 aliphatic carbocycles. The van der Waals surface area contributed by atoms with Crippen molar-refractivity contribution in [3.05, 3.63) is 0 Å². The average molecular weight is 260 g/mol. The minimum atomic E-state index is -0.298. The second kappa shape index (κ2) is 5.23. The normalized spacial score (nSPS) is 29.9. The van der Waals surface area contributed by atoms with Gasteiger partial charge in [0.15, 0.2) is 0 Å². The van der Waals surface area contributed by atoms with Gasteiger partial charge in [-0.2, -0.15) is 0 Å². The Kier molecular flexibility index (Phi) is 3.89. The Morgan fingerprint density at radius 1 is 1.53 bits per heavy atom. The zero-order valence-electron chi connectivity index (χ0n) is 9.80. The number of amides is 2. The van der Waals surface area contributed by atoms with E-state index in [1.54, 1.807) is 4.90 Å². The molecular formula is C11H18ClN3O2. The molecule has 2 aliphatic heterocycles. The van der Waals surface area contributed by atoms with Crippen LogP contribution in [0.15, 0.2) is 0 Å². The first-order chi connectivity index (χ1) is 8.15. The molecular weight excluding hydrogens is 242 g/mol. The van der Waals surface area contributed by atoms with Gasteiger partial charge in [0.1, 0.15) is 5.88 Å². The lowest BCUT2D eigenvalue weighted by molar-refractivity contribution is -0.131. The van der Waals surface area contributed by atoms with Crippen LogP contribution >= 0.6 is 11.6 Å². The van der Waals surface area contributed by atoms with Crippen molar-refractivity contribution in [3.8, 4) is 0 Å². The van der Waals surface area contributed by atoms with Gasteiger partial charge in [0.05, 0.1) is 5.54 Å². The van der Waals surface area contributed by atoms with Gasteiger partial charge in [-0.3, -0.25) is 9.59 Å². The average Bonchev–Trinajstić information content (AvgIpc) is 2.51. The lowest BCUT2D eigenvalue weighted by atomic mass is 9.88. The molecule has 1 unspecified atom stereocenters. The second-order valence-electron chi connectivity index (χ2n) is 4.81. The molecule has 2 rings (SSSR count). The van der Waals surface area contributed by atoms with Crippen molar-refractivity contribution in [2.24, 2.45) is 0 Å². The number of carbonyl (C=O) groups is 2. The van der Waals surface area contributed by atoms with Crippen LogP contribution in [-0.4, -0.2) is 54.3 Å². The summed E-state index contributed by atoms with van der Waals surface area (Å²) in [6, 6.07) is 0. The van der Waals surface area contributed by atoms with E-state index in [-0.39, 0.29) is 23.2 Å². The molecule has 0 aromatic rings. The minimum Gasteiger partial charge on any atom is -0.348 e. The summed E-state index contributed by atoms with van der Waals surface area (Å²) in [6.07, 6.45) is 2.39. The van der Waals surface area contributed by atoms with Crippen LogP contribution in [0.4, 0.5) is 0 Å². The quantitative estimate of drug-likeness (QED) is 0.636. The molecule has 0 bridgehead atoms. The van der Waals surface area contributed by atoms with Crippen molar-refractivity contribution in [1.29, 1.82) is 0 Å². The monoisotopic (exact) mass is 259 g/mol. The fourth-order valence-corrected chi connectivity index (χ4v) is 2.77. The first-order valence-electron chi connectivity index (χ1n) is 6.01. The summed E-state index contributed by atoms with van der Waals surface area (Å²) in [5.74, 6) is 0.0251. The zero-order valence-corrected chi connectivity index (χ0v) is 10.6. The predicted octanol–water partition coefficient (Wildman–Crippen LogP) is -0.304. The van der Waals surface area contributed by atoms with Gasteiger partial charge in [0.2, 0.25) is 11.8 Å². The number of nitrogens with one attached hydrogen (secondary N) is 2. The highest BCUT2D eigenvalue weighted by Gasteiger charge is 2.38. The van der Waals surface area contributed by atoms with Crippen LogP contribution in [-0.2, 0) is 9.59 Å². The van der Waals surface area contributed by atoms with E-state index in [1.807, 2.05) is 0 Å². The van der Waals surface area contributed by atoms with E-state index in [1.165, 1.54) is 0 Å². The summed E-state index contributed by atoms with van der Waals surface area (Å²) in [6.45, 7) is 2.70. The maximum Gasteiger partial charge on any atom is 0.237 e. The maximum absolute atomic E-state index is 11.7. The van der Waals surface area contributed by atoms with Crippen molar-refractivity contribution in [3.63, 3.8) is 0 Å². The Morgan fingerprint density at radius 3 is 3.06 bits per heavy atom. The van der Waals surface area contributed by atoms with Crippen LogP contribution in [0.5, 0.6) is 0 Å². The number of hydrogen-bond donors (Lipinski definition) is 2. The first kappa shape index (κ1) is 12.6. The third-order valence-electron chi connectivity index (χ3n) is 3.45. The van der Waals surface area contributed by atoms with Crippen LogP contribution < -0.4 is 10.6 Å². The lowest BCUT2D eigenvalue weighted by Gasteiger charge is -2.39. The van der Waals surface area contributed by atoms with Gasteiger partial charge < -0.3 is 15.5 Å². The number of rotatable bonds is 1. The van der Waals surface area contributed by atoms with Crippen LogP contribution in [0.25, 0.3) is 0 Å². The third-order valence-corrected chi connectivity index (χ3v) is 3.67. The Morgan fingerprint density at radius 2 is 2.35 bits per heavy atom. The van der Waals surface area contributed by atoms with Crippen LogP contribution in [0.3, 0.4) is 0 Å². The van der Waals surface area contributed by atoms with Crippen molar-refractivity contribution >= 4 is 23.4 Å². The van der Waals surface area contributed by atoms with E-state index in [0.717, 1.165) is 25.9 Å². The molecule has 2 amide bonds. The Hall–Kier alpha value is -0.810. The van der Waals surface area contributed by atoms with Crippen molar-refractivity contribution in [1.82, 2.24) is 15.5 Å². The molecule has 2 saturated heterocycles. The van der Waals surface area contributed by atoms with E-state index < -0.39 is 0 Å². The molecule has 1 spiro atoms. The number of carbonyl (C=O) groups excluding carboxylic acids is 2. The summed E-state index contributed by atoms with van der Waals surface area (Å²) in [4.78, 5) is 25.0. The fraction of sp³-hybridized carbons (Fsp3) is 0.818. The highest BCUT2D eigenvalue weighted by molar-refractivity contribution is 6.27. The molecule has 2 heterocycles. The van der Waals surface area contributed by atoms with Gasteiger partial charge in [0, 0.05) is 32.6 Å². The molecule has 96 valence electrons. The summed E-state index contributed by atoms with van der Waals surface area (Å²) in [5, 5.41) is 6.33. The summed E-state index contributed by atoms with van der Waals surface area (Å²) in [5.41, 5.74) is -0.298. The van der Waals surface area contributed by atoms with Gasteiger partial charge in [-0.25, -0.2) is 0 Å². The van der Waals surface area contributed by atoms with Gasteiger partial charge in [0.25, 0.3) is 0 Å². The van der Waals surface area contributed by atoms with Crippen LogP contribution in [0, 0.1) is 0 Å². The zero-order chi connectivity index (χ0) is 12.3. The number of nitrogens with zero attached hydrogens (tertiary/aromatic N) is 1. The largest absolute Gasteiger partial charge is 0.348 e. The summed E-state index contributed by atoms with van der Waals surface area (Å²) in [7, 11) is 0. The maximum atomic E-state index is 11.7. The van der Waals surface area contributed by atoms with Crippen molar-refractivity contribution in [2.75, 3.05) is 32.1 Å². The van der Waals surface area contributed by atoms with Gasteiger partial charge in [-0.05, 0) is 12.8 Å². The molecule has 0 saturated carbocycles. The standard InChI is InChI=1S/C11H18ClN3O2/c12-6-10(17)15-5-4-13-7-11(8-15)3-1-2-9(16)14-11/h13H,1-8H2,(H,14,16). The van der Waals surface area contributed by atoms with E-state index in [0.29, 0.717) is 19.5 Å². The molecule has 2 aliphatic rings.